The molecule has 0 rings (SSSR count). The van der Waals surface area contributed by atoms with Crippen molar-refractivity contribution in [2.75, 3.05) is 20.1 Å². The zero-order valence-corrected chi connectivity index (χ0v) is 11.4. The predicted molar refractivity (Wildman–Crippen MR) is 65.1 cm³/mol. The molecule has 3 nitrogen and oxygen atoms in total. The molecule has 1 unspecified atom stereocenters. The predicted octanol–water partition coefficient (Wildman–Crippen LogP) is 2.54. The lowest BCUT2D eigenvalue weighted by atomic mass is 9.98. The van der Waals surface area contributed by atoms with E-state index in [0.29, 0.717) is 19.4 Å². The minimum atomic E-state index is -4.17. The molecule has 18 heavy (non-hydrogen) atoms. The molecule has 0 heterocycles. The lowest BCUT2D eigenvalue weighted by Gasteiger charge is -2.29. The van der Waals surface area contributed by atoms with Crippen molar-refractivity contribution in [3.05, 3.63) is 0 Å². The maximum atomic E-state index is 12.4. The molecule has 0 aromatic rings. The average molecular weight is 265 g/mol. The van der Waals surface area contributed by atoms with Crippen molar-refractivity contribution in [2.45, 2.75) is 51.4 Å². The first-order valence-electron chi connectivity index (χ1n) is 6.04. The van der Waals surface area contributed by atoms with E-state index in [2.05, 4.69) is 11.4 Å². The lowest BCUT2D eigenvalue weighted by Crippen LogP contribution is -2.42. The van der Waals surface area contributed by atoms with Crippen LogP contribution in [0.5, 0.6) is 0 Å². The third-order valence-electron chi connectivity index (χ3n) is 3.03. The largest absolute Gasteiger partial charge is 0.401 e. The lowest BCUT2D eigenvalue weighted by molar-refractivity contribution is -0.149. The van der Waals surface area contributed by atoms with Gasteiger partial charge in [-0.1, -0.05) is 0 Å². The molecule has 0 saturated heterocycles. The molecule has 0 fully saturated rings. The number of alkyl halides is 3. The van der Waals surface area contributed by atoms with Crippen LogP contribution in [-0.4, -0.2) is 42.8 Å². The molecule has 0 aliphatic carbocycles. The highest BCUT2D eigenvalue weighted by atomic mass is 19.4. The summed E-state index contributed by atoms with van der Waals surface area (Å²) in [5, 5.41) is 11.8. The van der Waals surface area contributed by atoms with Gasteiger partial charge in [0.2, 0.25) is 0 Å². The normalized spacial score (nSPS) is 15.8. The Labute approximate surface area is 107 Å². The van der Waals surface area contributed by atoms with Crippen LogP contribution in [0.2, 0.25) is 0 Å². The number of rotatable bonds is 7. The summed E-state index contributed by atoms with van der Waals surface area (Å²) in [6, 6.07) is 1.97. The highest BCUT2D eigenvalue weighted by Crippen LogP contribution is 2.19. The Bertz CT molecular complexity index is 283. The molecule has 0 aromatic heterocycles. The van der Waals surface area contributed by atoms with E-state index in [1.165, 1.54) is 4.90 Å². The van der Waals surface area contributed by atoms with Crippen molar-refractivity contribution in [3.8, 4) is 6.07 Å². The van der Waals surface area contributed by atoms with Gasteiger partial charge in [-0.3, -0.25) is 4.90 Å². The monoisotopic (exact) mass is 265 g/mol. The summed E-state index contributed by atoms with van der Waals surface area (Å²) in [5.74, 6) is 0. The molecule has 0 bridgehead atoms. The van der Waals surface area contributed by atoms with Crippen molar-refractivity contribution in [1.82, 2.24) is 10.2 Å². The van der Waals surface area contributed by atoms with E-state index < -0.39 is 18.3 Å². The van der Waals surface area contributed by atoms with Crippen LogP contribution < -0.4 is 5.32 Å². The Morgan fingerprint density at radius 1 is 1.33 bits per heavy atom. The Kier molecular flexibility index (Phi) is 6.64. The molecule has 1 N–H and O–H groups in total. The molecule has 0 aliphatic rings. The Hall–Kier alpha value is -0.800. The maximum absolute atomic E-state index is 12.4. The minimum absolute atomic E-state index is 0.158. The third-order valence-corrected chi connectivity index (χ3v) is 3.03. The van der Waals surface area contributed by atoms with Gasteiger partial charge in [0.05, 0.1) is 12.6 Å². The van der Waals surface area contributed by atoms with Crippen LogP contribution in [0.15, 0.2) is 0 Å². The summed E-state index contributed by atoms with van der Waals surface area (Å²) in [6.45, 7) is 4.68. The Balaban J connectivity index is 4.26. The summed E-state index contributed by atoms with van der Waals surface area (Å²) < 4.78 is 37.1. The summed E-state index contributed by atoms with van der Waals surface area (Å²) >= 11 is 0. The van der Waals surface area contributed by atoms with Crippen molar-refractivity contribution < 1.29 is 13.2 Å². The first kappa shape index (κ1) is 17.2. The second-order valence-electron chi connectivity index (χ2n) is 4.98. The van der Waals surface area contributed by atoms with Crippen molar-refractivity contribution in [2.24, 2.45) is 0 Å². The summed E-state index contributed by atoms with van der Waals surface area (Å²) in [5.41, 5.74) is -0.666. The molecule has 1 atom stereocenters. The van der Waals surface area contributed by atoms with E-state index >= 15 is 0 Å². The molecular weight excluding hydrogens is 243 g/mol. The molecule has 0 spiro atoms. The molecule has 106 valence electrons. The van der Waals surface area contributed by atoms with Crippen LogP contribution in [-0.2, 0) is 0 Å². The van der Waals surface area contributed by atoms with Gasteiger partial charge in [-0.15, -0.1) is 0 Å². The van der Waals surface area contributed by atoms with Crippen LogP contribution in [0, 0.1) is 11.3 Å². The highest BCUT2D eigenvalue weighted by molar-refractivity contribution is 5.02. The first-order valence-corrected chi connectivity index (χ1v) is 6.04. The van der Waals surface area contributed by atoms with E-state index in [1.54, 1.807) is 27.8 Å². The zero-order chi connectivity index (χ0) is 14.4. The van der Waals surface area contributed by atoms with Crippen LogP contribution in [0.25, 0.3) is 0 Å². The van der Waals surface area contributed by atoms with E-state index in [1.807, 2.05) is 0 Å². The fraction of sp³-hybridized carbons (Fsp3) is 0.917. The molecule has 0 aromatic carbocycles. The molecular formula is C12H22F3N3. The third kappa shape index (κ3) is 6.82. The quantitative estimate of drug-likeness (QED) is 0.769. The summed E-state index contributed by atoms with van der Waals surface area (Å²) in [4.78, 5) is 1.38. The molecule has 0 radical (unpaired) electrons. The van der Waals surface area contributed by atoms with Gasteiger partial charge in [0, 0.05) is 6.04 Å². The maximum Gasteiger partial charge on any atom is 0.401 e. The molecule has 6 heteroatoms. The Morgan fingerprint density at radius 2 is 1.89 bits per heavy atom. The topological polar surface area (TPSA) is 39.1 Å². The van der Waals surface area contributed by atoms with Crippen LogP contribution in [0.1, 0.15) is 33.6 Å². The van der Waals surface area contributed by atoms with Crippen LogP contribution >= 0.6 is 0 Å². The second kappa shape index (κ2) is 6.95. The molecule has 0 amide bonds. The first-order chi connectivity index (χ1) is 8.13. The minimum Gasteiger partial charge on any atom is -0.303 e. The number of nitriles is 1. The van der Waals surface area contributed by atoms with Gasteiger partial charge in [0.1, 0.15) is 5.54 Å². The van der Waals surface area contributed by atoms with Gasteiger partial charge in [-0.05, 0) is 47.2 Å². The fourth-order valence-corrected chi connectivity index (χ4v) is 1.62. The van der Waals surface area contributed by atoms with Crippen molar-refractivity contribution >= 4 is 0 Å². The SMILES string of the molecule is CNC(C)(C#N)CCCN(CC(F)(F)F)C(C)C. The summed E-state index contributed by atoms with van der Waals surface area (Å²) in [7, 11) is 1.68. The van der Waals surface area contributed by atoms with Crippen molar-refractivity contribution in [1.29, 1.82) is 5.26 Å². The van der Waals surface area contributed by atoms with Gasteiger partial charge in [0.25, 0.3) is 0 Å². The molecule has 0 aliphatic heterocycles. The fourth-order valence-electron chi connectivity index (χ4n) is 1.62. The standard InChI is InChI=1S/C12H22F3N3/c1-10(2)18(9-12(13,14)15)7-5-6-11(3,8-16)17-4/h10,17H,5-7,9H2,1-4H3. The van der Waals surface area contributed by atoms with E-state index in [0.717, 1.165) is 0 Å². The van der Waals surface area contributed by atoms with Gasteiger partial charge in [0.15, 0.2) is 0 Å². The number of halogens is 3. The van der Waals surface area contributed by atoms with Gasteiger partial charge >= 0.3 is 6.18 Å². The number of nitrogens with one attached hydrogen (secondary N) is 1. The van der Waals surface area contributed by atoms with E-state index in [9.17, 15) is 13.2 Å². The smallest absolute Gasteiger partial charge is 0.303 e. The second-order valence-corrected chi connectivity index (χ2v) is 4.98. The van der Waals surface area contributed by atoms with E-state index in [-0.39, 0.29) is 6.04 Å². The van der Waals surface area contributed by atoms with Crippen LogP contribution in [0.3, 0.4) is 0 Å². The van der Waals surface area contributed by atoms with Gasteiger partial charge in [-0.2, -0.15) is 18.4 Å². The van der Waals surface area contributed by atoms with Crippen molar-refractivity contribution in [3.63, 3.8) is 0 Å². The number of hydrogen-bond donors (Lipinski definition) is 1. The van der Waals surface area contributed by atoms with Gasteiger partial charge < -0.3 is 5.32 Å². The van der Waals surface area contributed by atoms with E-state index in [4.69, 9.17) is 5.26 Å². The number of nitrogens with zero attached hydrogens (tertiary/aromatic N) is 2. The van der Waals surface area contributed by atoms with Crippen LogP contribution in [0.4, 0.5) is 13.2 Å². The summed E-state index contributed by atoms with van der Waals surface area (Å²) in [6.07, 6.45) is -3.09. The number of hydrogen-bond acceptors (Lipinski definition) is 3. The highest BCUT2D eigenvalue weighted by Gasteiger charge is 2.31. The Morgan fingerprint density at radius 3 is 2.22 bits per heavy atom. The zero-order valence-electron chi connectivity index (χ0n) is 11.4. The molecule has 0 saturated carbocycles. The van der Waals surface area contributed by atoms with Gasteiger partial charge in [-0.25, -0.2) is 0 Å². The average Bonchev–Trinajstić information content (AvgIpc) is 2.25.